The highest BCUT2D eigenvalue weighted by Crippen LogP contribution is 2.37. The largest absolute Gasteiger partial charge is 0.354 e. The molecule has 0 saturated heterocycles. The lowest BCUT2D eigenvalue weighted by Crippen LogP contribution is -2.09. The van der Waals surface area contributed by atoms with Crippen LogP contribution in [-0.4, -0.2) is 26.1 Å². The second-order valence-electron chi connectivity index (χ2n) is 5.96. The summed E-state index contributed by atoms with van der Waals surface area (Å²) in [6, 6.07) is 0. The van der Waals surface area contributed by atoms with Crippen molar-refractivity contribution in [2.24, 2.45) is 0 Å². The van der Waals surface area contributed by atoms with Crippen molar-refractivity contribution in [3.8, 4) is 0 Å². The minimum atomic E-state index is 0.828. The van der Waals surface area contributed by atoms with Gasteiger partial charge in [-0.15, -0.1) is 11.3 Å². The number of hydrogen-bond acceptors (Lipinski definition) is 5. The first kappa shape index (κ1) is 13.9. The first-order valence-corrected chi connectivity index (χ1v) is 9.08. The van der Waals surface area contributed by atoms with E-state index in [1.807, 2.05) is 15.9 Å². The summed E-state index contributed by atoms with van der Waals surface area (Å²) in [6.45, 7) is 3.16. The topological polar surface area (TPSA) is 55.1 Å². The molecule has 0 aromatic carbocycles. The van der Waals surface area contributed by atoms with Crippen molar-refractivity contribution in [2.45, 2.75) is 51.9 Å². The molecule has 1 aliphatic carbocycles. The molecule has 3 aromatic heterocycles. The number of hydrogen-bond donors (Lipinski definition) is 1. The molecule has 3 aromatic rings. The Kier molecular flexibility index (Phi) is 3.70. The highest BCUT2D eigenvalue weighted by Gasteiger charge is 2.21. The molecule has 1 N–H and O–H groups in total. The van der Waals surface area contributed by atoms with Crippen LogP contribution in [0.5, 0.6) is 0 Å². The number of thiophene rings is 1. The summed E-state index contributed by atoms with van der Waals surface area (Å²) in [5.74, 6) is 0.828. The van der Waals surface area contributed by atoms with Crippen molar-refractivity contribution in [1.82, 2.24) is 19.6 Å². The number of fused-ring (bicyclic) bond motifs is 5. The molecule has 0 amide bonds. The van der Waals surface area contributed by atoms with Crippen molar-refractivity contribution in [3.63, 3.8) is 0 Å². The van der Waals surface area contributed by atoms with Gasteiger partial charge in [-0.05, 0) is 37.7 Å². The second-order valence-corrected chi connectivity index (χ2v) is 7.04. The lowest BCUT2D eigenvalue weighted by Gasteiger charge is -2.11. The molecular formula is C16H21N5S. The van der Waals surface area contributed by atoms with Gasteiger partial charge in [-0.3, -0.25) is 0 Å². The van der Waals surface area contributed by atoms with Crippen molar-refractivity contribution < 1.29 is 0 Å². The summed E-state index contributed by atoms with van der Waals surface area (Å²) >= 11 is 1.84. The van der Waals surface area contributed by atoms with Gasteiger partial charge in [0.2, 0.25) is 5.95 Å². The van der Waals surface area contributed by atoms with Crippen LogP contribution in [0.15, 0.2) is 6.33 Å². The third-order valence-electron chi connectivity index (χ3n) is 4.40. The molecule has 116 valence electrons. The van der Waals surface area contributed by atoms with Crippen LogP contribution in [0.2, 0.25) is 0 Å². The summed E-state index contributed by atoms with van der Waals surface area (Å²) in [4.78, 5) is 12.0. The summed E-state index contributed by atoms with van der Waals surface area (Å²) in [6.07, 6.45) is 10.2. The minimum absolute atomic E-state index is 0.828. The first-order chi connectivity index (χ1) is 10.9. The number of rotatable bonds is 5. The monoisotopic (exact) mass is 315 g/mol. The van der Waals surface area contributed by atoms with Crippen LogP contribution in [0.3, 0.4) is 0 Å². The SMILES string of the molecule is CCCCCNc1nc2sc3c(c2c2ncnn12)CCCC3. The Hall–Kier alpha value is -1.69. The second kappa shape index (κ2) is 5.83. The highest BCUT2D eigenvalue weighted by atomic mass is 32.1. The van der Waals surface area contributed by atoms with E-state index in [0.29, 0.717) is 0 Å². The lowest BCUT2D eigenvalue weighted by atomic mass is 9.97. The maximum absolute atomic E-state index is 4.85. The molecule has 0 saturated carbocycles. The van der Waals surface area contributed by atoms with E-state index in [4.69, 9.17) is 4.98 Å². The Balaban J connectivity index is 1.79. The van der Waals surface area contributed by atoms with E-state index in [9.17, 15) is 0 Å². The standard InChI is InChI=1S/C16H21N5S/c1-2-3-6-9-17-16-20-15-13(14-18-10-19-21(14)16)11-7-4-5-8-12(11)22-15/h10H,2-9H2,1H3,(H,17,20). The number of aromatic nitrogens is 4. The van der Waals surface area contributed by atoms with Gasteiger partial charge in [0.15, 0.2) is 5.65 Å². The van der Waals surface area contributed by atoms with Gasteiger partial charge in [-0.25, -0.2) is 9.97 Å². The maximum atomic E-state index is 4.85. The van der Waals surface area contributed by atoms with Crippen LogP contribution in [0.25, 0.3) is 15.9 Å². The number of nitrogens with one attached hydrogen (secondary N) is 1. The number of nitrogens with zero attached hydrogens (tertiary/aromatic N) is 4. The van der Waals surface area contributed by atoms with Crippen LogP contribution in [0, 0.1) is 0 Å². The molecule has 0 radical (unpaired) electrons. The molecule has 3 heterocycles. The molecular weight excluding hydrogens is 294 g/mol. The molecule has 0 spiro atoms. The quantitative estimate of drug-likeness (QED) is 0.727. The van der Waals surface area contributed by atoms with Gasteiger partial charge in [-0.1, -0.05) is 19.8 Å². The summed E-state index contributed by atoms with van der Waals surface area (Å²) in [7, 11) is 0. The van der Waals surface area contributed by atoms with Gasteiger partial charge in [0.1, 0.15) is 11.2 Å². The molecule has 0 unspecified atom stereocenters. The van der Waals surface area contributed by atoms with Gasteiger partial charge in [0.05, 0.1) is 5.39 Å². The normalized spacial score (nSPS) is 14.6. The van der Waals surface area contributed by atoms with E-state index in [2.05, 4.69) is 22.3 Å². The maximum Gasteiger partial charge on any atom is 0.227 e. The van der Waals surface area contributed by atoms with Crippen molar-refractivity contribution in [3.05, 3.63) is 16.8 Å². The summed E-state index contributed by atoms with van der Waals surface area (Å²) < 4.78 is 1.87. The smallest absolute Gasteiger partial charge is 0.227 e. The molecule has 0 aliphatic heterocycles. The van der Waals surface area contributed by atoms with Gasteiger partial charge in [0, 0.05) is 11.4 Å². The van der Waals surface area contributed by atoms with Crippen LogP contribution in [0.1, 0.15) is 49.5 Å². The van der Waals surface area contributed by atoms with Crippen LogP contribution in [0.4, 0.5) is 5.95 Å². The van der Waals surface area contributed by atoms with E-state index in [-0.39, 0.29) is 0 Å². The highest BCUT2D eigenvalue weighted by molar-refractivity contribution is 7.19. The van der Waals surface area contributed by atoms with E-state index in [1.165, 1.54) is 47.9 Å². The van der Waals surface area contributed by atoms with E-state index < -0.39 is 0 Å². The molecule has 1 aliphatic rings. The van der Waals surface area contributed by atoms with Crippen LogP contribution < -0.4 is 5.32 Å². The van der Waals surface area contributed by atoms with E-state index in [1.54, 1.807) is 6.33 Å². The van der Waals surface area contributed by atoms with Gasteiger partial charge in [0.25, 0.3) is 0 Å². The van der Waals surface area contributed by atoms with Crippen molar-refractivity contribution >= 4 is 33.1 Å². The Labute approximate surface area is 133 Å². The molecule has 5 nitrogen and oxygen atoms in total. The fourth-order valence-electron chi connectivity index (χ4n) is 3.26. The van der Waals surface area contributed by atoms with Crippen LogP contribution >= 0.6 is 11.3 Å². The number of unbranched alkanes of at least 4 members (excludes halogenated alkanes) is 2. The number of aryl methyl sites for hydroxylation is 2. The first-order valence-electron chi connectivity index (χ1n) is 8.26. The lowest BCUT2D eigenvalue weighted by molar-refractivity contribution is 0.700. The van der Waals surface area contributed by atoms with Gasteiger partial charge in [-0.2, -0.15) is 9.61 Å². The molecule has 6 heteroatoms. The molecule has 0 atom stereocenters. The van der Waals surface area contributed by atoms with Crippen LogP contribution in [-0.2, 0) is 12.8 Å². The molecule has 22 heavy (non-hydrogen) atoms. The molecule has 4 rings (SSSR count). The molecule has 0 fully saturated rings. The van der Waals surface area contributed by atoms with Gasteiger partial charge < -0.3 is 5.32 Å². The fraction of sp³-hybridized carbons (Fsp3) is 0.562. The zero-order valence-corrected chi connectivity index (χ0v) is 13.7. The van der Waals surface area contributed by atoms with E-state index in [0.717, 1.165) is 35.8 Å². The Morgan fingerprint density at radius 1 is 1.27 bits per heavy atom. The average molecular weight is 315 g/mol. The minimum Gasteiger partial charge on any atom is -0.354 e. The number of anilines is 1. The van der Waals surface area contributed by atoms with E-state index >= 15 is 0 Å². The third-order valence-corrected chi connectivity index (χ3v) is 5.58. The third kappa shape index (κ3) is 2.26. The van der Waals surface area contributed by atoms with Gasteiger partial charge >= 0.3 is 0 Å². The Bertz CT molecular complexity index is 804. The van der Waals surface area contributed by atoms with Crippen molar-refractivity contribution in [1.29, 1.82) is 0 Å². The zero-order chi connectivity index (χ0) is 14.9. The zero-order valence-electron chi connectivity index (χ0n) is 12.9. The predicted molar refractivity (Wildman–Crippen MR) is 90.8 cm³/mol. The Morgan fingerprint density at radius 2 is 2.18 bits per heavy atom. The summed E-state index contributed by atoms with van der Waals surface area (Å²) in [5, 5.41) is 9.05. The average Bonchev–Trinajstić information content (AvgIpc) is 3.14. The Morgan fingerprint density at radius 3 is 3.09 bits per heavy atom. The summed E-state index contributed by atoms with van der Waals surface area (Å²) in [5.41, 5.74) is 2.43. The fourth-order valence-corrected chi connectivity index (χ4v) is 4.52. The van der Waals surface area contributed by atoms with Crippen molar-refractivity contribution in [2.75, 3.05) is 11.9 Å². The molecule has 0 bridgehead atoms. The predicted octanol–water partition coefficient (Wildman–Crippen LogP) is 3.82.